The molecule has 2 rings (SSSR count). The fourth-order valence-electron chi connectivity index (χ4n) is 1.73. The Morgan fingerprint density at radius 2 is 2.31 bits per heavy atom. The molecule has 0 spiro atoms. The highest BCUT2D eigenvalue weighted by molar-refractivity contribution is 5.95. The predicted octanol–water partition coefficient (Wildman–Crippen LogP) is 1.96. The summed E-state index contributed by atoms with van der Waals surface area (Å²) >= 11 is 0. The predicted molar refractivity (Wildman–Crippen MR) is 49.8 cm³/mol. The average Bonchev–Trinajstić information content (AvgIpc) is 2.17. The molecule has 1 aromatic carbocycles. The zero-order valence-electron chi connectivity index (χ0n) is 7.67. The Morgan fingerprint density at radius 3 is 3.08 bits per heavy atom. The first kappa shape index (κ1) is 8.45. The first-order chi connectivity index (χ1) is 6.29. The minimum Gasteiger partial charge on any atom is -0.376 e. The van der Waals surface area contributed by atoms with E-state index in [1.807, 2.05) is 12.1 Å². The summed E-state index contributed by atoms with van der Waals surface area (Å²) in [6.45, 7) is 2.96. The van der Waals surface area contributed by atoms with Crippen molar-refractivity contribution in [2.24, 2.45) is 0 Å². The molecule has 68 valence electrons. The van der Waals surface area contributed by atoms with Crippen molar-refractivity contribution in [1.29, 1.82) is 0 Å². The molecule has 0 amide bonds. The number of ether oxygens (including phenoxy) is 1. The van der Waals surface area contributed by atoms with Gasteiger partial charge in [0, 0.05) is 5.56 Å². The summed E-state index contributed by atoms with van der Waals surface area (Å²) in [5, 5.41) is 0. The number of fused-ring (bicyclic) bond motifs is 1. The maximum absolute atomic E-state index is 11.3. The Bertz CT molecular complexity index is 342. The van der Waals surface area contributed by atoms with E-state index >= 15 is 0 Å². The van der Waals surface area contributed by atoms with Crippen LogP contribution in [0.2, 0.25) is 0 Å². The van der Waals surface area contributed by atoms with Gasteiger partial charge >= 0.3 is 0 Å². The zero-order valence-corrected chi connectivity index (χ0v) is 7.67. The normalized spacial score (nSPS) is 15.2. The first-order valence-electron chi connectivity index (χ1n) is 4.48. The van der Waals surface area contributed by atoms with Gasteiger partial charge in [0.15, 0.2) is 5.78 Å². The van der Waals surface area contributed by atoms with Crippen LogP contribution in [-0.4, -0.2) is 12.4 Å². The molecule has 13 heavy (non-hydrogen) atoms. The molecule has 1 aliphatic heterocycles. The smallest absolute Gasteiger partial charge is 0.160 e. The molecule has 0 fully saturated rings. The summed E-state index contributed by atoms with van der Waals surface area (Å²) in [7, 11) is 0. The maximum atomic E-state index is 11.3. The molecule has 0 aliphatic carbocycles. The monoisotopic (exact) mass is 176 g/mol. The summed E-state index contributed by atoms with van der Waals surface area (Å²) < 4.78 is 5.33. The Kier molecular flexibility index (Phi) is 2.15. The average molecular weight is 176 g/mol. The lowest BCUT2D eigenvalue weighted by Gasteiger charge is -2.18. The van der Waals surface area contributed by atoms with Crippen LogP contribution in [0, 0.1) is 0 Å². The standard InChI is InChI=1S/C11H12O2/c1-8(12)10-4-2-3-9-5-6-13-7-11(9)10/h2-4H,5-7H2,1H3. The zero-order chi connectivity index (χ0) is 9.26. The van der Waals surface area contributed by atoms with Gasteiger partial charge in [0.2, 0.25) is 0 Å². The van der Waals surface area contributed by atoms with Crippen molar-refractivity contribution < 1.29 is 9.53 Å². The SMILES string of the molecule is CC(=O)c1cccc2c1COCC2. The minimum atomic E-state index is 0.127. The molecule has 0 bridgehead atoms. The van der Waals surface area contributed by atoms with Crippen LogP contribution in [0.25, 0.3) is 0 Å². The van der Waals surface area contributed by atoms with Crippen LogP contribution < -0.4 is 0 Å². The molecule has 0 N–H and O–H groups in total. The van der Waals surface area contributed by atoms with Gasteiger partial charge in [-0.1, -0.05) is 18.2 Å². The Balaban J connectivity index is 2.52. The molecule has 0 saturated carbocycles. The number of carbonyl (C=O) groups excluding carboxylic acids is 1. The quantitative estimate of drug-likeness (QED) is 0.611. The third-order valence-electron chi connectivity index (χ3n) is 2.41. The van der Waals surface area contributed by atoms with E-state index in [9.17, 15) is 4.79 Å². The Morgan fingerprint density at radius 1 is 1.46 bits per heavy atom. The van der Waals surface area contributed by atoms with Crippen molar-refractivity contribution in [2.45, 2.75) is 20.0 Å². The second kappa shape index (κ2) is 3.30. The molecular weight excluding hydrogens is 164 g/mol. The van der Waals surface area contributed by atoms with Gasteiger partial charge in [-0.25, -0.2) is 0 Å². The van der Waals surface area contributed by atoms with E-state index in [-0.39, 0.29) is 5.78 Å². The number of hydrogen-bond donors (Lipinski definition) is 0. The van der Waals surface area contributed by atoms with E-state index in [4.69, 9.17) is 4.74 Å². The molecular formula is C11H12O2. The molecule has 2 nitrogen and oxygen atoms in total. The van der Waals surface area contributed by atoms with Gasteiger partial charge in [0.25, 0.3) is 0 Å². The van der Waals surface area contributed by atoms with Gasteiger partial charge in [-0.05, 0) is 24.5 Å². The van der Waals surface area contributed by atoms with E-state index in [1.54, 1.807) is 6.92 Å². The number of Topliss-reactive ketones (excluding diaryl/α,β-unsaturated/α-hetero) is 1. The van der Waals surface area contributed by atoms with Crippen molar-refractivity contribution in [1.82, 2.24) is 0 Å². The molecule has 0 atom stereocenters. The molecule has 1 aromatic rings. The molecule has 1 heterocycles. The lowest BCUT2D eigenvalue weighted by molar-refractivity contribution is 0.0978. The number of carbonyl (C=O) groups is 1. The summed E-state index contributed by atoms with van der Waals surface area (Å²) in [6, 6.07) is 5.89. The van der Waals surface area contributed by atoms with E-state index in [2.05, 4.69) is 6.07 Å². The van der Waals surface area contributed by atoms with Gasteiger partial charge in [0.05, 0.1) is 13.2 Å². The van der Waals surface area contributed by atoms with Crippen molar-refractivity contribution in [3.8, 4) is 0 Å². The molecule has 0 aromatic heterocycles. The van der Waals surface area contributed by atoms with Gasteiger partial charge in [-0.3, -0.25) is 4.79 Å². The van der Waals surface area contributed by atoms with Gasteiger partial charge < -0.3 is 4.74 Å². The summed E-state index contributed by atoms with van der Waals surface area (Å²) in [6.07, 6.45) is 0.927. The van der Waals surface area contributed by atoms with Crippen molar-refractivity contribution in [3.63, 3.8) is 0 Å². The topological polar surface area (TPSA) is 26.3 Å². The lowest BCUT2D eigenvalue weighted by atomic mass is 9.96. The van der Waals surface area contributed by atoms with E-state index < -0.39 is 0 Å². The Labute approximate surface area is 77.5 Å². The fraction of sp³-hybridized carbons (Fsp3) is 0.364. The second-order valence-corrected chi connectivity index (χ2v) is 3.30. The van der Waals surface area contributed by atoms with Crippen LogP contribution in [0.1, 0.15) is 28.4 Å². The molecule has 2 heteroatoms. The number of rotatable bonds is 1. The summed E-state index contributed by atoms with van der Waals surface area (Å²) in [4.78, 5) is 11.3. The van der Waals surface area contributed by atoms with Gasteiger partial charge in [-0.15, -0.1) is 0 Å². The van der Waals surface area contributed by atoms with Crippen molar-refractivity contribution in [3.05, 3.63) is 34.9 Å². The highest BCUT2D eigenvalue weighted by Crippen LogP contribution is 2.20. The Hall–Kier alpha value is -1.15. The van der Waals surface area contributed by atoms with E-state index in [1.165, 1.54) is 5.56 Å². The largest absolute Gasteiger partial charge is 0.376 e. The third-order valence-corrected chi connectivity index (χ3v) is 2.41. The molecule has 0 radical (unpaired) electrons. The van der Waals surface area contributed by atoms with Crippen LogP contribution in [0.4, 0.5) is 0 Å². The number of ketones is 1. The van der Waals surface area contributed by atoms with Crippen molar-refractivity contribution >= 4 is 5.78 Å². The van der Waals surface area contributed by atoms with Gasteiger partial charge in [0.1, 0.15) is 0 Å². The maximum Gasteiger partial charge on any atom is 0.160 e. The highest BCUT2D eigenvalue weighted by Gasteiger charge is 2.14. The van der Waals surface area contributed by atoms with E-state index in [0.717, 1.165) is 24.2 Å². The molecule has 0 unspecified atom stereocenters. The van der Waals surface area contributed by atoms with Crippen LogP contribution in [0.15, 0.2) is 18.2 Å². The van der Waals surface area contributed by atoms with Crippen LogP contribution in [0.3, 0.4) is 0 Å². The lowest BCUT2D eigenvalue weighted by Crippen LogP contribution is -2.13. The van der Waals surface area contributed by atoms with Crippen LogP contribution in [-0.2, 0) is 17.8 Å². The van der Waals surface area contributed by atoms with Gasteiger partial charge in [-0.2, -0.15) is 0 Å². The third kappa shape index (κ3) is 1.49. The second-order valence-electron chi connectivity index (χ2n) is 3.30. The number of hydrogen-bond acceptors (Lipinski definition) is 2. The minimum absolute atomic E-state index is 0.127. The highest BCUT2D eigenvalue weighted by atomic mass is 16.5. The fourth-order valence-corrected chi connectivity index (χ4v) is 1.73. The molecule has 0 saturated heterocycles. The van der Waals surface area contributed by atoms with Crippen LogP contribution in [0.5, 0.6) is 0 Å². The first-order valence-corrected chi connectivity index (χ1v) is 4.48. The summed E-state index contributed by atoms with van der Waals surface area (Å²) in [5.74, 6) is 0.127. The van der Waals surface area contributed by atoms with Crippen molar-refractivity contribution in [2.75, 3.05) is 6.61 Å². The molecule has 1 aliphatic rings. The summed E-state index contributed by atoms with van der Waals surface area (Å²) in [5.41, 5.74) is 3.16. The number of benzene rings is 1. The van der Waals surface area contributed by atoms with Crippen LogP contribution >= 0.6 is 0 Å². The van der Waals surface area contributed by atoms with E-state index in [0.29, 0.717) is 6.61 Å².